The van der Waals surface area contributed by atoms with Crippen molar-refractivity contribution in [1.82, 2.24) is 15.1 Å². The first-order valence-electron chi connectivity index (χ1n) is 9.86. The minimum Gasteiger partial charge on any atom is -0.493 e. The summed E-state index contributed by atoms with van der Waals surface area (Å²) in [5, 5.41) is 17.1. The minimum atomic E-state index is -0.501. The molecule has 0 aliphatic heterocycles. The van der Waals surface area contributed by atoms with Gasteiger partial charge in [0.15, 0.2) is 18.1 Å². The summed E-state index contributed by atoms with van der Waals surface area (Å²) >= 11 is 1.40. The van der Waals surface area contributed by atoms with Gasteiger partial charge < -0.3 is 18.7 Å². The van der Waals surface area contributed by atoms with E-state index in [2.05, 4.69) is 15.1 Å². The molecule has 34 heavy (non-hydrogen) atoms. The summed E-state index contributed by atoms with van der Waals surface area (Å²) < 4.78 is 20.9. The van der Waals surface area contributed by atoms with Crippen molar-refractivity contribution in [2.75, 3.05) is 14.2 Å². The second-order valence-electron chi connectivity index (χ2n) is 6.87. The number of nitrogens with zero attached hydrogens (tertiary/aromatic N) is 4. The summed E-state index contributed by atoms with van der Waals surface area (Å²) in [6.45, 7) is -0.203. The minimum absolute atomic E-state index is 0.0207. The summed E-state index contributed by atoms with van der Waals surface area (Å²) in [7, 11) is 3.12. The van der Waals surface area contributed by atoms with E-state index in [0.717, 1.165) is 10.6 Å². The van der Waals surface area contributed by atoms with Crippen molar-refractivity contribution >= 4 is 23.0 Å². The lowest BCUT2D eigenvalue weighted by Crippen LogP contribution is -2.08. The number of esters is 1. The lowest BCUT2D eigenvalue weighted by Gasteiger charge is -2.08. The third-order valence-electron chi connectivity index (χ3n) is 4.67. The van der Waals surface area contributed by atoms with Crippen LogP contribution in [0.1, 0.15) is 11.6 Å². The van der Waals surface area contributed by atoms with Gasteiger partial charge in [-0.25, -0.2) is 4.98 Å². The fraction of sp³-hybridized carbons (Fsp3) is 0.182. The first-order valence-corrected chi connectivity index (χ1v) is 10.7. The van der Waals surface area contributed by atoms with E-state index < -0.39 is 10.9 Å². The van der Waals surface area contributed by atoms with Gasteiger partial charge in [-0.2, -0.15) is 4.98 Å². The predicted octanol–water partition coefficient (Wildman–Crippen LogP) is 4.07. The number of hydrogen-bond acceptors (Lipinski definition) is 11. The van der Waals surface area contributed by atoms with Crippen molar-refractivity contribution in [1.29, 1.82) is 0 Å². The Bertz CT molecular complexity index is 1320. The first kappa shape index (κ1) is 22.9. The molecule has 2 aromatic heterocycles. The molecule has 0 aliphatic rings. The van der Waals surface area contributed by atoms with Gasteiger partial charge >= 0.3 is 5.97 Å². The maximum Gasteiger partial charge on any atom is 0.312 e. The van der Waals surface area contributed by atoms with Crippen LogP contribution in [0.4, 0.5) is 5.69 Å². The van der Waals surface area contributed by atoms with Crippen molar-refractivity contribution in [3.8, 4) is 33.5 Å². The molecule has 0 N–H and O–H groups in total. The number of non-ortho nitro benzene ring substituents is 1. The van der Waals surface area contributed by atoms with Crippen LogP contribution in [0.3, 0.4) is 0 Å². The van der Waals surface area contributed by atoms with Crippen LogP contribution >= 0.6 is 11.3 Å². The molecule has 174 valence electrons. The zero-order valence-corrected chi connectivity index (χ0v) is 18.9. The van der Waals surface area contributed by atoms with E-state index in [0.29, 0.717) is 22.8 Å². The number of carbonyl (C=O) groups excluding carboxylic acids is 1. The van der Waals surface area contributed by atoms with E-state index in [9.17, 15) is 14.9 Å². The molecule has 0 bridgehead atoms. The molecule has 11 nitrogen and oxygen atoms in total. The summed E-state index contributed by atoms with van der Waals surface area (Å²) in [4.78, 5) is 31.1. The second-order valence-corrected chi connectivity index (χ2v) is 7.73. The number of nitro benzene ring substituents is 1. The molecular formula is C22H18N4O7S. The van der Waals surface area contributed by atoms with Crippen LogP contribution in [0.25, 0.3) is 22.0 Å². The third kappa shape index (κ3) is 5.18. The molecule has 0 spiro atoms. The molecule has 0 fully saturated rings. The fourth-order valence-electron chi connectivity index (χ4n) is 2.99. The second kappa shape index (κ2) is 10.1. The lowest BCUT2D eigenvalue weighted by atomic mass is 10.2. The van der Waals surface area contributed by atoms with Crippen molar-refractivity contribution in [3.05, 3.63) is 69.5 Å². The average molecular weight is 482 g/mol. The Hall–Kier alpha value is -4.32. The molecule has 4 aromatic rings. The number of hydrogen-bond donors (Lipinski definition) is 0. The van der Waals surface area contributed by atoms with Crippen LogP contribution in [0.2, 0.25) is 0 Å². The molecule has 0 aliphatic carbocycles. The molecule has 12 heteroatoms. The number of nitro groups is 1. The fourth-order valence-corrected chi connectivity index (χ4v) is 3.81. The Morgan fingerprint density at radius 3 is 2.50 bits per heavy atom. The maximum atomic E-state index is 12.2. The summed E-state index contributed by atoms with van der Waals surface area (Å²) in [5.41, 5.74) is 1.90. The number of carbonyl (C=O) groups is 1. The van der Waals surface area contributed by atoms with Gasteiger partial charge in [0.05, 0.1) is 31.3 Å². The van der Waals surface area contributed by atoms with Crippen LogP contribution in [0.15, 0.2) is 52.4 Å². The van der Waals surface area contributed by atoms with E-state index in [1.807, 2.05) is 12.1 Å². The molecule has 0 saturated heterocycles. The molecule has 0 saturated carbocycles. The van der Waals surface area contributed by atoms with Gasteiger partial charge in [0.2, 0.25) is 5.82 Å². The Balaban J connectivity index is 1.34. The van der Waals surface area contributed by atoms with Gasteiger partial charge in [-0.3, -0.25) is 14.9 Å². The van der Waals surface area contributed by atoms with Gasteiger partial charge in [0.1, 0.15) is 5.01 Å². The predicted molar refractivity (Wildman–Crippen MR) is 121 cm³/mol. The molecule has 0 amide bonds. The summed E-state index contributed by atoms with van der Waals surface area (Å²) in [6, 6.07) is 11.2. The van der Waals surface area contributed by atoms with Crippen molar-refractivity contribution in [2.45, 2.75) is 13.0 Å². The average Bonchev–Trinajstić information content (AvgIpc) is 3.52. The van der Waals surface area contributed by atoms with Crippen LogP contribution in [-0.4, -0.2) is 40.2 Å². The first-order chi connectivity index (χ1) is 16.5. The number of ether oxygens (including phenoxy) is 3. The highest BCUT2D eigenvalue weighted by Gasteiger charge is 2.15. The van der Waals surface area contributed by atoms with E-state index in [4.69, 9.17) is 18.7 Å². The van der Waals surface area contributed by atoms with Gasteiger partial charge in [-0.1, -0.05) is 5.16 Å². The molecular weight excluding hydrogens is 464 g/mol. The largest absolute Gasteiger partial charge is 0.493 e. The number of aromatic nitrogens is 3. The highest BCUT2D eigenvalue weighted by Crippen LogP contribution is 2.33. The van der Waals surface area contributed by atoms with E-state index in [1.54, 1.807) is 25.7 Å². The summed E-state index contributed by atoms with van der Waals surface area (Å²) in [5.74, 6) is 1.04. The highest BCUT2D eigenvalue weighted by molar-refractivity contribution is 7.13. The Labute approximate surface area is 197 Å². The lowest BCUT2D eigenvalue weighted by molar-refractivity contribution is -0.384. The normalized spacial score (nSPS) is 10.6. The number of methoxy groups -OCH3 is 2. The Morgan fingerprint density at radius 1 is 1.06 bits per heavy atom. The van der Waals surface area contributed by atoms with Crippen LogP contribution < -0.4 is 9.47 Å². The van der Waals surface area contributed by atoms with E-state index in [-0.39, 0.29) is 30.4 Å². The standard InChI is InChI=1S/C22H18N4O7S/c1-30-17-8-5-14(9-18(17)31-2)22-23-15(12-34-22)10-20(27)32-11-19-24-21(25-33-19)13-3-6-16(7-4-13)26(28)29/h3-9,12H,10-11H2,1-2H3. The SMILES string of the molecule is COc1ccc(-c2nc(CC(=O)OCc3nc(-c4ccc([N+](=O)[O-])cc4)no3)cs2)cc1OC. The Morgan fingerprint density at radius 2 is 1.79 bits per heavy atom. The zero-order valence-electron chi connectivity index (χ0n) is 18.1. The van der Waals surface area contributed by atoms with Crippen LogP contribution in [0, 0.1) is 10.1 Å². The van der Waals surface area contributed by atoms with Gasteiger partial charge in [0, 0.05) is 28.6 Å². The van der Waals surface area contributed by atoms with Gasteiger partial charge in [0.25, 0.3) is 11.6 Å². The van der Waals surface area contributed by atoms with Crippen molar-refractivity contribution in [2.24, 2.45) is 0 Å². The maximum absolute atomic E-state index is 12.2. The summed E-state index contributed by atoms with van der Waals surface area (Å²) in [6.07, 6.45) is -0.0207. The van der Waals surface area contributed by atoms with Crippen molar-refractivity contribution < 1.29 is 28.5 Å². The van der Waals surface area contributed by atoms with Crippen LogP contribution in [-0.2, 0) is 22.6 Å². The van der Waals surface area contributed by atoms with Gasteiger partial charge in [-0.15, -0.1) is 11.3 Å². The zero-order chi connectivity index (χ0) is 24.1. The topological polar surface area (TPSA) is 140 Å². The van der Waals surface area contributed by atoms with E-state index in [1.165, 1.54) is 35.6 Å². The number of rotatable bonds is 9. The molecule has 2 aromatic carbocycles. The quantitative estimate of drug-likeness (QED) is 0.195. The number of benzene rings is 2. The molecule has 0 radical (unpaired) electrons. The molecule has 2 heterocycles. The monoisotopic (exact) mass is 482 g/mol. The van der Waals surface area contributed by atoms with Crippen LogP contribution in [0.5, 0.6) is 11.5 Å². The van der Waals surface area contributed by atoms with E-state index >= 15 is 0 Å². The highest BCUT2D eigenvalue weighted by atomic mass is 32.1. The van der Waals surface area contributed by atoms with Gasteiger partial charge in [-0.05, 0) is 30.3 Å². The molecule has 4 rings (SSSR count). The number of thiazole rings is 1. The molecule has 0 unspecified atom stereocenters. The third-order valence-corrected chi connectivity index (χ3v) is 5.61. The Kier molecular flexibility index (Phi) is 6.78. The molecule has 0 atom stereocenters. The smallest absolute Gasteiger partial charge is 0.312 e. The van der Waals surface area contributed by atoms with Crippen molar-refractivity contribution in [3.63, 3.8) is 0 Å².